The Morgan fingerprint density at radius 3 is 2.41 bits per heavy atom. The van der Waals surface area contributed by atoms with Gasteiger partial charge in [-0.1, -0.05) is 30.3 Å². The molecule has 0 spiro atoms. The number of carboxylic acid groups (broad SMARTS) is 1. The maximum atomic E-state index is 13.4. The van der Waals surface area contributed by atoms with E-state index >= 15 is 0 Å². The Morgan fingerprint density at radius 2 is 1.81 bits per heavy atom. The van der Waals surface area contributed by atoms with E-state index in [1.807, 2.05) is 4.72 Å². The number of hydrogen-bond donors (Lipinski definition) is 2. The van der Waals surface area contributed by atoms with Crippen LogP contribution < -0.4 is 4.72 Å². The van der Waals surface area contributed by atoms with Gasteiger partial charge in [-0.15, -0.1) is 22.7 Å². The molecule has 0 aliphatic heterocycles. The van der Waals surface area contributed by atoms with Gasteiger partial charge in [0, 0.05) is 10.9 Å². The predicted molar refractivity (Wildman–Crippen MR) is 94.6 cm³/mol. The zero-order chi connectivity index (χ0) is 19.8. The largest absolute Gasteiger partial charge is 0.476 e. The summed E-state index contributed by atoms with van der Waals surface area (Å²) in [5.41, 5.74) is 0.182. The lowest BCUT2D eigenvalue weighted by Crippen LogP contribution is -2.15. The molecule has 0 aliphatic rings. The van der Waals surface area contributed by atoms with Crippen LogP contribution in [0.2, 0.25) is 0 Å². The Labute approximate surface area is 159 Å². The normalized spacial score (nSPS) is 12.1. The van der Waals surface area contributed by atoms with Gasteiger partial charge in [-0.05, 0) is 5.56 Å². The maximum absolute atomic E-state index is 13.4. The van der Waals surface area contributed by atoms with E-state index < -0.39 is 43.2 Å². The van der Waals surface area contributed by atoms with E-state index in [2.05, 4.69) is 4.98 Å². The van der Waals surface area contributed by atoms with Crippen molar-refractivity contribution in [2.75, 3.05) is 4.72 Å². The zero-order valence-electron chi connectivity index (χ0n) is 13.0. The summed E-state index contributed by atoms with van der Waals surface area (Å²) in [6.45, 7) is 0. The van der Waals surface area contributed by atoms with Crippen molar-refractivity contribution in [2.24, 2.45) is 0 Å². The van der Waals surface area contributed by atoms with Crippen LogP contribution in [0.3, 0.4) is 0 Å². The lowest BCUT2D eigenvalue weighted by Gasteiger charge is -2.12. The molecule has 0 saturated heterocycles. The van der Waals surface area contributed by atoms with E-state index in [1.54, 1.807) is 6.07 Å². The predicted octanol–water partition coefficient (Wildman–Crippen LogP) is 4.39. The second kappa shape index (κ2) is 6.94. The molecule has 0 saturated carbocycles. The standard InChI is InChI=1S/C15H9F3N2O4S3/c16-15(17,18)12-10(8-4-2-1-3-5-8)9(6-25-12)27(23,24)20-13-11(14(21)22)19-7-26-13/h1-7,20H,(H,21,22). The van der Waals surface area contributed by atoms with Crippen molar-refractivity contribution < 1.29 is 31.5 Å². The van der Waals surface area contributed by atoms with Crippen LogP contribution in [0, 0.1) is 0 Å². The molecule has 27 heavy (non-hydrogen) atoms. The van der Waals surface area contributed by atoms with Gasteiger partial charge < -0.3 is 5.11 Å². The Balaban J connectivity index is 2.15. The zero-order valence-corrected chi connectivity index (χ0v) is 15.5. The second-order valence-electron chi connectivity index (χ2n) is 5.11. The smallest absolute Gasteiger partial charge is 0.426 e. The number of carboxylic acids is 1. The molecule has 1 aromatic carbocycles. The highest BCUT2D eigenvalue weighted by atomic mass is 32.2. The first-order chi connectivity index (χ1) is 12.6. The van der Waals surface area contributed by atoms with E-state index in [0.717, 1.165) is 10.9 Å². The van der Waals surface area contributed by atoms with Crippen LogP contribution in [0.15, 0.2) is 46.1 Å². The second-order valence-corrected chi connectivity index (χ2v) is 8.49. The van der Waals surface area contributed by atoms with Crippen LogP contribution in [0.4, 0.5) is 18.2 Å². The lowest BCUT2D eigenvalue weighted by atomic mass is 10.1. The summed E-state index contributed by atoms with van der Waals surface area (Å²) in [6, 6.07) is 7.30. The molecule has 0 atom stereocenters. The number of aromatic carboxylic acids is 1. The summed E-state index contributed by atoms with van der Waals surface area (Å²) < 4.78 is 67.6. The molecule has 2 N–H and O–H groups in total. The summed E-state index contributed by atoms with van der Waals surface area (Å²) in [6.07, 6.45) is -4.75. The van der Waals surface area contributed by atoms with Gasteiger partial charge in [-0.2, -0.15) is 13.2 Å². The van der Waals surface area contributed by atoms with Crippen LogP contribution in [0.1, 0.15) is 15.4 Å². The topological polar surface area (TPSA) is 96.4 Å². The van der Waals surface area contributed by atoms with Gasteiger partial charge in [0.2, 0.25) is 0 Å². The molecular weight excluding hydrogens is 425 g/mol. The van der Waals surface area contributed by atoms with Crippen LogP contribution in [0.5, 0.6) is 0 Å². The first kappa shape index (κ1) is 19.3. The third-order valence-corrected chi connectivity index (χ3v) is 6.78. The summed E-state index contributed by atoms with van der Waals surface area (Å²) in [5, 5.41) is 9.62. The van der Waals surface area contributed by atoms with Crippen molar-refractivity contribution >= 4 is 43.7 Å². The number of nitrogens with one attached hydrogen (secondary N) is 1. The molecule has 12 heteroatoms. The Hall–Kier alpha value is -2.44. The molecule has 0 bridgehead atoms. The number of alkyl halides is 3. The van der Waals surface area contributed by atoms with Gasteiger partial charge in [-0.3, -0.25) is 4.72 Å². The fraction of sp³-hybridized carbons (Fsp3) is 0.0667. The first-order valence-electron chi connectivity index (χ1n) is 7.05. The number of carbonyl (C=O) groups is 1. The number of anilines is 1. The molecule has 2 aromatic heterocycles. The van der Waals surface area contributed by atoms with Crippen LogP contribution in [-0.4, -0.2) is 24.5 Å². The van der Waals surface area contributed by atoms with Gasteiger partial charge in [0.05, 0.1) is 5.51 Å². The fourth-order valence-corrected chi connectivity index (χ4v) is 5.79. The fourth-order valence-electron chi connectivity index (χ4n) is 2.27. The highest BCUT2D eigenvalue weighted by Gasteiger charge is 2.39. The van der Waals surface area contributed by atoms with Crippen LogP contribution >= 0.6 is 22.7 Å². The van der Waals surface area contributed by atoms with Gasteiger partial charge >= 0.3 is 12.1 Å². The number of aromatic nitrogens is 1. The number of rotatable bonds is 5. The number of hydrogen-bond acceptors (Lipinski definition) is 6. The minimum absolute atomic E-state index is 0.0780. The minimum Gasteiger partial charge on any atom is -0.476 e. The molecule has 3 rings (SSSR count). The van der Waals surface area contributed by atoms with Crippen molar-refractivity contribution in [1.82, 2.24) is 4.98 Å². The molecular formula is C15H9F3N2O4S3. The van der Waals surface area contributed by atoms with Gasteiger partial charge in [-0.25, -0.2) is 18.2 Å². The van der Waals surface area contributed by atoms with E-state index in [0.29, 0.717) is 11.3 Å². The number of sulfonamides is 1. The number of nitrogens with zero attached hydrogens (tertiary/aromatic N) is 1. The van der Waals surface area contributed by atoms with E-state index in [1.165, 1.54) is 24.3 Å². The highest BCUT2D eigenvalue weighted by molar-refractivity contribution is 7.93. The van der Waals surface area contributed by atoms with Crippen molar-refractivity contribution in [1.29, 1.82) is 0 Å². The molecule has 2 heterocycles. The molecule has 6 nitrogen and oxygen atoms in total. The summed E-state index contributed by atoms with van der Waals surface area (Å²) >= 11 is 0.968. The van der Waals surface area contributed by atoms with Crippen molar-refractivity contribution in [3.63, 3.8) is 0 Å². The van der Waals surface area contributed by atoms with Gasteiger partial charge in [0.15, 0.2) is 5.69 Å². The average Bonchev–Trinajstić information content (AvgIpc) is 3.21. The summed E-state index contributed by atoms with van der Waals surface area (Å²) in [4.78, 5) is 13.0. The SMILES string of the molecule is O=C(O)c1ncsc1NS(=O)(=O)c1csc(C(F)(F)F)c1-c1ccccc1. The van der Waals surface area contributed by atoms with E-state index in [9.17, 15) is 26.4 Å². The number of halogens is 3. The average molecular weight is 434 g/mol. The quantitative estimate of drug-likeness (QED) is 0.621. The van der Waals surface area contributed by atoms with Gasteiger partial charge in [0.25, 0.3) is 10.0 Å². The molecule has 3 aromatic rings. The Kier molecular flexibility index (Phi) is 4.97. The third kappa shape index (κ3) is 3.82. The summed E-state index contributed by atoms with van der Waals surface area (Å²) in [5.74, 6) is -1.46. The molecule has 0 fully saturated rings. The van der Waals surface area contributed by atoms with Crippen LogP contribution in [0.25, 0.3) is 11.1 Å². The van der Waals surface area contributed by atoms with Crippen LogP contribution in [-0.2, 0) is 16.2 Å². The third-order valence-electron chi connectivity index (χ3n) is 3.36. The molecule has 0 amide bonds. The molecule has 0 unspecified atom stereocenters. The van der Waals surface area contributed by atoms with E-state index in [-0.39, 0.29) is 21.9 Å². The number of thiophene rings is 1. The van der Waals surface area contributed by atoms with E-state index in [4.69, 9.17) is 5.11 Å². The van der Waals surface area contributed by atoms with Crippen molar-refractivity contribution in [3.8, 4) is 11.1 Å². The van der Waals surface area contributed by atoms with Gasteiger partial charge in [0.1, 0.15) is 14.8 Å². The lowest BCUT2D eigenvalue weighted by molar-refractivity contribution is -0.133. The Bertz CT molecular complexity index is 1090. The van der Waals surface area contributed by atoms with Crippen molar-refractivity contribution in [2.45, 2.75) is 11.1 Å². The molecule has 142 valence electrons. The molecule has 0 aliphatic carbocycles. The monoisotopic (exact) mass is 434 g/mol. The Morgan fingerprint density at radius 1 is 1.15 bits per heavy atom. The highest BCUT2D eigenvalue weighted by Crippen LogP contribution is 2.45. The maximum Gasteiger partial charge on any atom is 0.426 e. The minimum atomic E-state index is -4.75. The molecule has 0 radical (unpaired) electrons. The summed E-state index contributed by atoms with van der Waals surface area (Å²) in [7, 11) is -4.49. The number of benzene rings is 1. The first-order valence-corrected chi connectivity index (χ1v) is 10.3. The van der Waals surface area contributed by atoms with Crippen molar-refractivity contribution in [3.05, 3.63) is 51.8 Å². The number of thiazole rings is 1.